The zero-order valence-electron chi connectivity index (χ0n) is 11.2. The van der Waals surface area contributed by atoms with E-state index in [1.165, 1.54) is 18.2 Å². The normalized spacial score (nSPS) is 16.1. The fourth-order valence-corrected chi connectivity index (χ4v) is 2.74. The van der Waals surface area contributed by atoms with E-state index in [2.05, 4.69) is 21.2 Å². The number of piperidine rings is 1. The summed E-state index contributed by atoms with van der Waals surface area (Å²) in [6.07, 6.45) is 1.32. The van der Waals surface area contributed by atoms with Crippen LogP contribution >= 0.6 is 15.9 Å². The summed E-state index contributed by atoms with van der Waals surface area (Å²) in [7, 11) is 1.62. The van der Waals surface area contributed by atoms with Gasteiger partial charge in [0.1, 0.15) is 5.82 Å². The third-order valence-electron chi connectivity index (χ3n) is 3.57. The van der Waals surface area contributed by atoms with Crippen LogP contribution in [0.25, 0.3) is 0 Å². The van der Waals surface area contributed by atoms with E-state index in [-0.39, 0.29) is 28.0 Å². The molecule has 0 spiro atoms. The molecule has 1 aliphatic heterocycles. The highest BCUT2D eigenvalue weighted by atomic mass is 79.9. The summed E-state index contributed by atoms with van der Waals surface area (Å²) in [6, 6.07) is 4.24. The van der Waals surface area contributed by atoms with Crippen molar-refractivity contribution in [1.82, 2.24) is 10.2 Å². The number of carbonyl (C=O) groups excluding carboxylic acids is 2. The Morgan fingerprint density at radius 2 is 2.00 bits per heavy atom. The first-order valence-corrected chi connectivity index (χ1v) is 7.28. The molecular weight excluding hydrogens is 327 g/mol. The molecule has 1 aliphatic rings. The monoisotopic (exact) mass is 342 g/mol. The van der Waals surface area contributed by atoms with E-state index < -0.39 is 0 Å². The van der Waals surface area contributed by atoms with Crippen LogP contribution in [0.3, 0.4) is 0 Å². The summed E-state index contributed by atoms with van der Waals surface area (Å²) >= 11 is 3.08. The number of hydrogen-bond acceptors (Lipinski definition) is 2. The highest BCUT2D eigenvalue weighted by Crippen LogP contribution is 2.22. The number of likely N-dealkylation sites (tertiary alicyclic amines) is 1. The lowest BCUT2D eigenvalue weighted by Crippen LogP contribution is -2.42. The molecule has 0 aromatic heterocycles. The number of nitrogens with one attached hydrogen (secondary N) is 1. The molecule has 0 atom stereocenters. The minimum Gasteiger partial charge on any atom is -0.359 e. The lowest BCUT2D eigenvalue weighted by molar-refractivity contribution is -0.125. The number of amides is 2. The Balaban J connectivity index is 2.01. The van der Waals surface area contributed by atoms with E-state index >= 15 is 0 Å². The largest absolute Gasteiger partial charge is 0.359 e. The summed E-state index contributed by atoms with van der Waals surface area (Å²) in [6.45, 7) is 1.10. The number of rotatable bonds is 2. The maximum atomic E-state index is 13.2. The molecule has 1 heterocycles. The molecular formula is C14H16BrFN2O2. The van der Waals surface area contributed by atoms with E-state index in [9.17, 15) is 14.0 Å². The van der Waals surface area contributed by atoms with Gasteiger partial charge in [0.25, 0.3) is 5.91 Å². The summed E-state index contributed by atoms with van der Waals surface area (Å²) in [5.41, 5.74) is 0.455. The number of carbonyl (C=O) groups is 2. The van der Waals surface area contributed by atoms with Crippen LogP contribution in [0.1, 0.15) is 23.2 Å². The van der Waals surface area contributed by atoms with Gasteiger partial charge < -0.3 is 10.2 Å². The molecule has 0 unspecified atom stereocenters. The van der Waals surface area contributed by atoms with Crippen LogP contribution in [0.4, 0.5) is 4.39 Å². The molecule has 1 N–H and O–H groups in total. The Bertz CT molecular complexity index is 528. The number of nitrogens with zero attached hydrogens (tertiary/aromatic N) is 1. The van der Waals surface area contributed by atoms with Crippen molar-refractivity contribution in [2.75, 3.05) is 20.1 Å². The van der Waals surface area contributed by atoms with Gasteiger partial charge in [-0.3, -0.25) is 9.59 Å². The number of halogens is 2. The number of benzene rings is 1. The molecule has 20 heavy (non-hydrogen) atoms. The fraction of sp³-hybridized carbons (Fsp3) is 0.429. The smallest absolute Gasteiger partial charge is 0.253 e. The van der Waals surface area contributed by atoms with Gasteiger partial charge in [-0.15, -0.1) is 0 Å². The van der Waals surface area contributed by atoms with E-state index in [4.69, 9.17) is 0 Å². The molecule has 1 aromatic rings. The summed E-state index contributed by atoms with van der Waals surface area (Å²) in [5.74, 6) is -0.508. The topological polar surface area (TPSA) is 49.4 Å². The minimum atomic E-state index is -0.389. The van der Waals surface area contributed by atoms with Gasteiger partial charge in [0.15, 0.2) is 0 Å². The average Bonchev–Trinajstić information content (AvgIpc) is 2.48. The first-order chi connectivity index (χ1) is 9.52. The van der Waals surface area contributed by atoms with E-state index in [0.717, 1.165) is 0 Å². The molecule has 2 rings (SSSR count). The van der Waals surface area contributed by atoms with Gasteiger partial charge in [0, 0.05) is 31.6 Å². The fourth-order valence-electron chi connectivity index (χ4n) is 2.36. The van der Waals surface area contributed by atoms with E-state index in [0.29, 0.717) is 31.5 Å². The maximum absolute atomic E-state index is 13.2. The van der Waals surface area contributed by atoms with Gasteiger partial charge >= 0.3 is 0 Å². The molecule has 2 amide bonds. The van der Waals surface area contributed by atoms with Crippen molar-refractivity contribution in [3.63, 3.8) is 0 Å². The van der Waals surface area contributed by atoms with Gasteiger partial charge in [-0.2, -0.15) is 0 Å². The molecule has 108 valence electrons. The first kappa shape index (κ1) is 15.0. The minimum absolute atomic E-state index is 0.0241. The van der Waals surface area contributed by atoms with Crippen molar-refractivity contribution in [3.8, 4) is 0 Å². The molecule has 0 radical (unpaired) electrons. The zero-order chi connectivity index (χ0) is 14.7. The molecule has 1 fully saturated rings. The Morgan fingerprint density at radius 3 is 2.55 bits per heavy atom. The molecule has 4 nitrogen and oxygen atoms in total. The second-order valence-corrected chi connectivity index (χ2v) is 5.66. The van der Waals surface area contributed by atoms with Crippen molar-refractivity contribution in [2.24, 2.45) is 5.92 Å². The highest BCUT2D eigenvalue weighted by molar-refractivity contribution is 9.10. The molecule has 0 bridgehead atoms. The van der Waals surface area contributed by atoms with Crippen LogP contribution in [0, 0.1) is 11.7 Å². The third-order valence-corrected chi connectivity index (χ3v) is 4.17. The Hall–Kier alpha value is -1.43. The Labute approximate surface area is 125 Å². The summed E-state index contributed by atoms with van der Waals surface area (Å²) < 4.78 is 13.4. The Morgan fingerprint density at radius 1 is 1.35 bits per heavy atom. The van der Waals surface area contributed by atoms with Gasteiger partial charge in [-0.05, 0) is 47.0 Å². The first-order valence-electron chi connectivity index (χ1n) is 6.49. The standard InChI is InChI=1S/C14H16BrFN2O2/c1-17-13(19)9-4-6-18(7-5-9)14(20)10-2-3-12(16)11(15)8-10/h2-3,8-9H,4-7H2,1H3,(H,17,19). The number of hydrogen-bond donors (Lipinski definition) is 1. The quantitative estimate of drug-likeness (QED) is 0.895. The lowest BCUT2D eigenvalue weighted by Gasteiger charge is -2.31. The molecule has 0 aliphatic carbocycles. The van der Waals surface area contributed by atoms with Crippen molar-refractivity contribution < 1.29 is 14.0 Å². The van der Waals surface area contributed by atoms with Gasteiger partial charge in [-0.25, -0.2) is 4.39 Å². The van der Waals surface area contributed by atoms with Crippen LogP contribution in [0.5, 0.6) is 0 Å². The predicted octanol–water partition coefficient (Wildman–Crippen LogP) is 2.19. The second kappa shape index (κ2) is 6.35. The van der Waals surface area contributed by atoms with Crippen LogP contribution in [0.15, 0.2) is 22.7 Å². The van der Waals surface area contributed by atoms with Gasteiger partial charge in [0.2, 0.25) is 5.91 Å². The van der Waals surface area contributed by atoms with Crippen molar-refractivity contribution in [3.05, 3.63) is 34.1 Å². The van der Waals surface area contributed by atoms with Crippen molar-refractivity contribution in [1.29, 1.82) is 0 Å². The van der Waals surface area contributed by atoms with E-state index in [1.807, 2.05) is 0 Å². The van der Waals surface area contributed by atoms with E-state index in [1.54, 1.807) is 11.9 Å². The van der Waals surface area contributed by atoms with Crippen molar-refractivity contribution >= 4 is 27.7 Å². The SMILES string of the molecule is CNC(=O)C1CCN(C(=O)c2ccc(F)c(Br)c2)CC1. The Kier molecular flexibility index (Phi) is 4.75. The van der Waals surface area contributed by atoms with Crippen LogP contribution in [-0.2, 0) is 4.79 Å². The average molecular weight is 343 g/mol. The van der Waals surface area contributed by atoms with Crippen LogP contribution < -0.4 is 5.32 Å². The van der Waals surface area contributed by atoms with Crippen LogP contribution in [-0.4, -0.2) is 36.9 Å². The van der Waals surface area contributed by atoms with Gasteiger partial charge in [0.05, 0.1) is 4.47 Å². The molecule has 1 aromatic carbocycles. The van der Waals surface area contributed by atoms with Crippen molar-refractivity contribution in [2.45, 2.75) is 12.8 Å². The second-order valence-electron chi connectivity index (χ2n) is 4.81. The molecule has 6 heteroatoms. The summed E-state index contributed by atoms with van der Waals surface area (Å²) in [5, 5.41) is 2.63. The van der Waals surface area contributed by atoms with Gasteiger partial charge in [-0.1, -0.05) is 0 Å². The third kappa shape index (κ3) is 3.17. The maximum Gasteiger partial charge on any atom is 0.253 e. The molecule has 1 saturated heterocycles. The zero-order valence-corrected chi connectivity index (χ0v) is 12.7. The predicted molar refractivity (Wildman–Crippen MR) is 76.8 cm³/mol. The molecule has 0 saturated carbocycles. The highest BCUT2D eigenvalue weighted by Gasteiger charge is 2.27. The van der Waals surface area contributed by atoms with Crippen LogP contribution in [0.2, 0.25) is 0 Å². The lowest BCUT2D eigenvalue weighted by atomic mass is 9.95. The summed E-state index contributed by atoms with van der Waals surface area (Å²) in [4.78, 5) is 25.5.